The summed E-state index contributed by atoms with van der Waals surface area (Å²) < 4.78 is 11.9. The quantitative estimate of drug-likeness (QED) is 0.107. The minimum Gasteiger partial charge on any atom is -0.496 e. The third-order valence-electron chi connectivity index (χ3n) is 8.95. The molecule has 0 unspecified atom stereocenters. The van der Waals surface area contributed by atoms with Crippen LogP contribution in [0.4, 0.5) is 0 Å². The summed E-state index contributed by atoms with van der Waals surface area (Å²) in [6, 6.07) is 25.8. The van der Waals surface area contributed by atoms with Crippen molar-refractivity contribution in [1.29, 1.82) is 5.26 Å². The zero-order valence-corrected chi connectivity index (χ0v) is 33.0. The van der Waals surface area contributed by atoms with Gasteiger partial charge in [0.05, 0.1) is 41.4 Å². The van der Waals surface area contributed by atoms with E-state index in [0.29, 0.717) is 53.8 Å². The second-order valence-corrected chi connectivity index (χ2v) is 12.9. The van der Waals surface area contributed by atoms with Crippen LogP contribution in [0.5, 0.6) is 5.75 Å². The van der Waals surface area contributed by atoms with E-state index >= 15 is 0 Å². The monoisotopic (exact) mass is 797 g/mol. The van der Waals surface area contributed by atoms with Gasteiger partial charge in [-0.3, -0.25) is 4.79 Å². The molecule has 0 saturated heterocycles. The standard InChI is InChI=1S/C38H44ClN5O3.4ClH/c1-24-4-10-28(11-5-24)25(2)42-23-32-16-17-36(47-32)34-19-33(35(39)20-37(34)46-3)38(45)44-31(18-26-6-8-27(21-40)9-7-26)22-43-30-14-12-29(41)13-15-30;;;;/h4-11,16-17,19-20,25,29-31,42-43H,12-15,18,22-23,41H2,1-3H3,(H,44,45);4*1H/t25-,29?,30?,31-;;;;/m1..../s1. The first kappa shape index (κ1) is 46.1. The van der Waals surface area contributed by atoms with Gasteiger partial charge >= 0.3 is 0 Å². The van der Waals surface area contributed by atoms with Gasteiger partial charge in [0.1, 0.15) is 17.3 Å². The summed E-state index contributed by atoms with van der Waals surface area (Å²) in [7, 11) is 1.57. The molecule has 0 spiro atoms. The molecule has 0 radical (unpaired) electrons. The van der Waals surface area contributed by atoms with Crippen LogP contribution in [-0.4, -0.2) is 37.7 Å². The van der Waals surface area contributed by atoms with Crippen molar-refractivity contribution in [1.82, 2.24) is 16.0 Å². The molecule has 1 amide bonds. The highest BCUT2D eigenvalue weighted by atomic mass is 35.5. The SMILES string of the molecule is COc1cc(Cl)c(C(=O)N[C@@H](CNC2CCC(N)CC2)Cc2ccc(C#N)cc2)cc1-c1ccc(CN[C@H](C)c2ccc(C)cc2)o1.Cl.Cl.Cl.Cl. The number of hydrogen-bond donors (Lipinski definition) is 4. The molecule has 1 aromatic heterocycles. The van der Waals surface area contributed by atoms with Crippen molar-refractivity contribution in [2.45, 2.75) is 76.7 Å². The molecule has 8 nitrogen and oxygen atoms in total. The lowest BCUT2D eigenvalue weighted by molar-refractivity contribution is 0.0935. The average molecular weight is 800 g/mol. The number of carbonyl (C=O) groups is 1. The molecule has 1 fully saturated rings. The molecule has 2 atom stereocenters. The number of nitrogens with two attached hydrogens (primary N) is 1. The van der Waals surface area contributed by atoms with Gasteiger partial charge in [0, 0.05) is 36.8 Å². The lowest BCUT2D eigenvalue weighted by Crippen LogP contribution is -2.47. The van der Waals surface area contributed by atoms with Crippen LogP contribution in [0.2, 0.25) is 5.02 Å². The number of carbonyl (C=O) groups excluding carboxylic acids is 1. The number of hydrogen-bond acceptors (Lipinski definition) is 7. The number of rotatable bonds is 13. The number of nitrogens with zero attached hydrogens (tertiary/aromatic N) is 1. The summed E-state index contributed by atoms with van der Waals surface area (Å²) in [4.78, 5) is 13.8. The van der Waals surface area contributed by atoms with Crippen LogP contribution in [0.3, 0.4) is 0 Å². The Balaban J connectivity index is 0.00000325. The van der Waals surface area contributed by atoms with Gasteiger partial charge < -0.3 is 30.8 Å². The van der Waals surface area contributed by atoms with Gasteiger partial charge in [-0.15, -0.1) is 49.6 Å². The van der Waals surface area contributed by atoms with Gasteiger partial charge in [0.2, 0.25) is 0 Å². The number of ether oxygens (including phenoxy) is 1. The Morgan fingerprint density at radius 1 is 1.00 bits per heavy atom. The predicted molar refractivity (Wildman–Crippen MR) is 215 cm³/mol. The van der Waals surface area contributed by atoms with E-state index in [9.17, 15) is 10.1 Å². The molecule has 1 aliphatic carbocycles. The van der Waals surface area contributed by atoms with Gasteiger partial charge in [0.15, 0.2) is 0 Å². The molecule has 1 aliphatic rings. The number of methoxy groups -OCH3 is 1. The molecule has 278 valence electrons. The number of nitrogens with one attached hydrogen (secondary N) is 3. The third-order valence-corrected chi connectivity index (χ3v) is 9.26. The van der Waals surface area contributed by atoms with Crippen molar-refractivity contribution < 1.29 is 13.9 Å². The molecule has 0 aliphatic heterocycles. The van der Waals surface area contributed by atoms with Gasteiger partial charge in [-0.05, 0) is 87.4 Å². The highest BCUT2D eigenvalue weighted by molar-refractivity contribution is 6.34. The maximum Gasteiger partial charge on any atom is 0.253 e. The summed E-state index contributed by atoms with van der Waals surface area (Å²) in [6.45, 7) is 5.32. The second-order valence-electron chi connectivity index (χ2n) is 12.5. The first-order valence-corrected chi connectivity index (χ1v) is 16.7. The summed E-state index contributed by atoms with van der Waals surface area (Å²) in [6.07, 6.45) is 4.60. The summed E-state index contributed by atoms with van der Waals surface area (Å²) in [5.74, 6) is 1.57. The van der Waals surface area contributed by atoms with Gasteiger partial charge in [-0.25, -0.2) is 0 Å². The number of nitriles is 1. The Morgan fingerprint density at radius 3 is 2.29 bits per heavy atom. The van der Waals surface area contributed by atoms with E-state index in [4.69, 9.17) is 26.5 Å². The van der Waals surface area contributed by atoms with Crippen molar-refractivity contribution in [2.75, 3.05) is 13.7 Å². The van der Waals surface area contributed by atoms with Crippen molar-refractivity contribution in [3.05, 3.63) is 111 Å². The molecule has 5 N–H and O–H groups in total. The van der Waals surface area contributed by atoms with E-state index in [-0.39, 0.29) is 78.7 Å². The number of aryl methyl sites for hydroxylation is 1. The zero-order valence-electron chi connectivity index (χ0n) is 28.9. The smallest absolute Gasteiger partial charge is 0.253 e. The Hall–Kier alpha value is -2.97. The Bertz CT molecular complexity index is 1690. The molecule has 1 saturated carbocycles. The van der Waals surface area contributed by atoms with Gasteiger partial charge in [0.25, 0.3) is 5.91 Å². The minimum absolute atomic E-state index is 0. The molecular formula is C38H48Cl5N5O3. The first-order valence-electron chi connectivity index (χ1n) is 16.3. The Morgan fingerprint density at radius 2 is 1.67 bits per heavy atom. The van der Waals surface area contributed by atoms with E-state index in [0.717, 1.165) is 37.0 Å². The first-order chi connectivity index (χ1) is 22.7. The third kappa shape index (κ3) is 12.9. The molecule has 51 heavy (non-hydrogen) atoms. The highest BCUT2D eigenvalue weighted by Gasteiger charge is 2.23. The maximum absolute atomic E-state index is 13.8. The normalized spacial score (nSPS) is 16.1. The Labute approximate surface area is 331 Å². The largest absolute Gasteiger partial charge is 0.496 e. The molecule has 0 bridgehead atoms. The van der Waals surface area contributed by atoms with Crippen LogP contribution in [0.1, 0.15) is 77.0 Å². The highest BCUT2D eigenvalue weighted by Crippen LogP contribution is 2.36. The molecule has 4 aromatic rings. The molecule has 1 heterocycles. The Kier molecular flexibility index (Phi) is 20.0. The van der Waals surface area contributed by atoms with Gasteiger partial charge in [-0.1, -0.05) is 53.6 Å². The molecular weight excluding hydrogens is 752 g/mol. The zero-order chi connectivity index (χ0) is 33.3. The fourth-order valence-corrected chi connectivity index (χ4v) is 6.24. The lowest BCUT2D eigenvalue weighted by atomic mass is 9.91. The fourth-order valence-electron chi connectivity index (χ4n) is 6.00. The van der Waals surface area contributed by atoms with Crippen LogP contribution in [-0.2, 0) is 13.0 Å². The average Bonchev–Trinajstić information content (AvgIpc) is 3.56. The van der Waals surface area contributed by atoms with Crippen molar-refractivity contribution in [3.8, 4) is 23.1 Å². The lowest BCUT2D eigenvalue weighted by Gasteiger charge is -2.29. The predicted octanol–water partition coefficient (Wildman–Crippen LogP) is 8.53. The van der Waals surface area contributed by atoms with Crippen LogP contribution < -0.4 is 26.4 Å². The maximum atomic E-state index is 13.8. The molecule has 3 aromatic carbocycles. The number of furan rings is 1. The van der Waals surface area contributed by atoms with E-state index in [2.05, 4.69) is 60.1 Å². The summed E-state index contributed by atoms with van der Waals surface area (Å²) in [5.41, 5.74) is 11.1. The van der Waals surface area contributed by atoms with E-state index in [1.54, 1.807) is 31.4 Å². The van der Waals surface area contributed by atoms with Crippen LogP contribution in [0, 0.1) is 18.3 Å². The summed E-state index contributed by atoms with van der Waals surface area (Å²) >= 11 is 6.67. The van der Waals surface area contributed by atoms with Crippen molar-refractivity contribution in [3.63, 3.8) is 0 Å². The minimum atomic E-state index is -0.287. The van der Waals surface area contributed by atoms with E-state index in [1.807, 2.05) is 24.3 Å². The van der Waals surface area contributed by atoms with Crippen LogP contribution in [0.25, 0.3) is 11.3 Å². The van der Waals surface area contributed by atoms with Crippen molar-refractivity contribution in [2.24, 2.45) is 5.73 Å². The molecule has 5 rings (SSSR count). The van der Waals surface area contributed by atoms with Gasteiger partial charge in [-0.2, -0.15) is 5.26 Å². The molecule has 13 heteroatoms. The topological polar surface area (TPSA) is 125 Å². The second kappa shape index (κ2) is 22.2. The number of halogens is 5. The van der Waals surface area contributed by atoms with E-state index in [1.165, 1.54) is 11.1 Å². The van der Waals surface area contributed by atoms with Crippen LogP contribution in [0.15, 0.2) is 77.2 Å². The van der Waals surface area contributed by atoms with E-state index < -0.39 is 0 Å². The summed E-state index contributed by atoms with van der Waals surface area (Å²) in [5, 5.41) is 19.9. The number of amides is 1. The van der Waals surface area contributed by atoms with Crippen molar-refractivity contribution >= 4 is 67.1 Å². The fraction of sp³-hybridized carbons (Fsp3) is 0.368. The van der Waals surface area contributed by atoms with Crippen LogP contribution >= 0.6 is 61.2 Å². The number of benzene rings is 3.